The number of hydrazone groups is 1. The van der Waals surface area contributed by atoms with E-state index in [2.05, 4.69) is 10.5 Å². The van der Waals surface area contributed by atoms with E-state index in [0.29, 0.717) is 5.02 Å². The summed E-state index contributed by atoms with van der Waals surface area (Å²) < 4.78 is 40.3. The standard InChI is InChI=1S/C21H15ClF3N3O2/c22-16-9-7-14(8-10-16)13-28-11-3-5-17(20(28)30)19(29)27-26-12-15-4-1-2-6-18(15)21(23,24)25/h1-12H,13H2,(H,27,29)/b26-12-. The quantitative estimate of drug-likeness (QED) is 0.481. The Hall–Kier alpha value is -3.39. The van der Waals surface area contributed by atoms with E-state index in [0.717, 1.165) is 17.8 Å². The number of nitrogens with one attached hydrogen (secondary N) is 1. The van der Waals surface area contributed by atoms with Gasteiger partial charge in [0.2, 0.25) is 0 Å². The Morgan fingerprint density at radius 2 is 1.77 bits per heavy atom. The second-order valence-electron chi connectivity index (χ2n) is 6.27. The molecule has 1 N–H and O–H groups in total. The van der Waals surface area contributed by atoms with Crippen LogP contribution in [-0.4, -0.2) is 16.7 Å². The molecule has 1 aromatic heterocycles. The number of halogens is 4. The van der Waals surface area contributed by atoms with Crippen molar-refractivity contribution in [3.63, 3.8) is 0 Å². The van der Waals surface area contributed by atoms with E-state index < -0.39 is 23.2 Å². The van der Waals surface area contributed by atoms with Crippen LogP contribution in [-0.2, 0) is 12.7 Å². The Morgan fingerprint density at radius 3 is 2.47 bits per heavy atom. The molecule has 0 atom stereocenters. The smallest absolute Gasteiger partial charge is 0.310 e. The van der Waals surface area contributed by atoms with Gasteiger partial charge in [0, 0.05) is 16.8 Å². The van der Waals surface area contributed by atoms with Gasteiger partial charge in [-0.2, -0.15) is 18.3 Å². The SMILES string of the molecule is O=C(N/N=C\c1ccccc1C(F)(F)F)c1cccn(Cc2ccc(Cl)cc2)c1=O. The summed E-state index contributed by atoms with van der Waals surface area (Å²) in [6, 6.07) is 14.5. The molecule has 0 aliphatic rings. The van der Waals surface area contributed by atoms with Crippen LogP contribution in [0, 0.1) is 0 Å². The average molecular weight is 434 g/mol. The molecule has 1 heterocycles. The lowest BCUT2D eigenvalue weighted by Gasteiger charge is -2.09. The molecule has 0 fully saturated rings. The van der Waals surface area contributed by atoms with E-state index >= 15 is 0 Å². The van der Waals surface area contributed by atoms with Gasteiger partial charge in [-0.15, -0.1) is 0 Å². The van der Waals surface area contributed by atoms with Gasteiger partial charge in [-0.1, -0.05) is 41.9 Å². The first-order valence-electron chi connectivity index (χ1n) is 8.69. The minimum Gasteiger partial charge on any atom is -0.310 e. The third-order valence-corrected chi connectivity index (χ3v) is 4.42. The molecule has 30 heavy (non-hydrogen) atoms. The van der Waals surface area contributed by atoms with Gasteiger partial charge in [-0.3, -0.25) is 9.59 Å². The topological polar surface area (TPSA) is 63.5 Å². The van der Waals surface area contributed by atoms with Crippen LogP contribution in [0.4, 0.5) is 13.2 Å². The van der Waals surface area contributed by atoms with E-state index in [1.165, 1.54) is 41.1 Å². The third kappa shape index (κ3) is 5.15. The number of nitrogens with zero attached hydrogens (tertiary/aromatic N) is 2. The largest absolute Gasteiger partial charge is 0.417 e. The summed E-state index contributed by atoms with van der Waals surface area (Å²) in [5.41, 5.74) is 1.07. The molecule has 0 radical (unpaired) electrons. The van der Waals surface area contributed by atoms with E-state index in [1.807, 2.05) is 0 Å². The van der Waals surface area contributed by atoms with E-state index in [4.69, 9.17) is 11.6 Å². The van der Waals surface area contributed by atoms with Gasteiger partial charge in [0.15, 0.2) is 0 Å². The van der Waals surface area contributed by atoms with Crippen LogP contribution < -0.4 is 11.0 Å². The molecule has 0 unspecified atom stereocenters. The van der Waals surface area contributed by atoms with Gasteiger partial charge >= 0.3 is 6.18 Å². The molecule has 1 amide bonds. The number of amides is 1. The van der Waals surface area contributed by atoms with Crippen molar-refractivity contribution in [1.29, 1.82) is 0 Å². The molecule has 0 bridgehead atoms. The number of rotatable bonds is 5. The minimum atomic E-state index is -4.55. The van der Waals surface area contributed by atoms with Crippen molar-refractivity contribution in [1.82, 2.24) is 9.99 Å². The predicted molar refractivity (Wildman–Crippen MR) is 108 cm³/mol. The van der Waals surface area contributed by atoms with Crippen LogP contribution in [0.3, 0.4) is 0 Å². The summed E-state index contributed by atoms with van der Waals surface area (Å²) in [5, 5.41) is 4.13. The molecule has 0 aliphatic heterocycles. The number of carbonyl (C=O) groups excluding carboxylic acids is 1. The van der Waals surface area contributed by atoms with Crippen molar-refractivity contribution >= 4 is 23.7 Å². The fourth-order valence-corrected chi connectivity index (χ4v) is 2.84. The van der Waals surface area contributed by atoms with E-state index in [-0.39, 0.29) is 17.7 Å². The van der Waals surface area contributed by atoms with Gasteiger partial charge in [-0.25, -0.2) is 5.43 Å². The summed E-state index contributed by atoms with van der Waals surface area (Å²) in [7, 11) is 0. The van der Waals surface area contributed by atoms with Crippen LogP contribution in [0.2, 0.25) is 5.02 Å². The van der Waals surface area contributed by atoms with Crippen molar-refractivity contribution < 1.29 is 18.0 Å². The fraction of sp³-hybridized carbons (Fsp3) is 0.0952. The molecule has 3 aromatic rings. The molecule has 0 spiro atoms. The number of pyridine rings is 1. The second-order valence-corrected chi connectivity index (χ2v) is 6.70. The highest BCUT2D eigenvalue weighted by Crippen LogP contribution is 2.31. The van der Waals surface area contributed by atoms with E-state index in [9.17, 15) is 22.8 Å². The highest BCUT2D eigenvalue weighted by molar-refractivity contribution is 6.30. The van der Waals surface area contributed by atoms with Crippen LogP contribution in [0.25, 0.3) is 0 Å². The Balaban J connectivity index is 1.76. The number of carbonyl (C=O) groups is 1. The monoisotopic (exact) mass is 433 g/mol. The number of aromatic nitrogens is 1. The average Bonchev–Trinajstić information content (AvgIpc) is 2.70. The number of hydrogen-bond acceptors (Lipinski definition) is 3. The van der Waals surface area contributed by atoms with Crippen LogP contribution in [0.5, 0.6) is 0 Å². The highest BCUT2D eigenvalue weighted by atomic mass is 35.5. The third-order valence-electron chi connectivity index (χ3n) is 4.17. The molecule has 9 heteroatoms. The minimum absolute atomic E-state index is 0.187. The second kappa shape index (κ2) is 8.96. The van der Waals surface area contributed by atoms with Gasteiger partial charge < -0.3 is 4.57 Å². The van der Waals surface area contributed by atoms with Crippen LogP contribution >= 0.6 is 11.6 Å². The summed E-state index contributed by atoms with van der Waals surface area (Å²) in [6.45, 7) is 0.222. The molecule has 0 saturated heterocycles. The molecular formula is C21H15ClF3N3O2. The maximum Gasteiger partial charge on any atom is 0.417 e. The van der Waals surface area contributed by atoms with Crippen molar-refractivity contribution in [2.24, 2.45) is 5.10 Å². The predicted octanol–water partition coefficient (Wildman–Crippen LogP) is 4.33. The van der Waals surface area contributed by atoms with Gasteiger partial charge in [0.1, 0.15) is 5.56 Å². The molecule has 3 rings (SSSR count). The highest BCUT2D eigenvalue weighted by Gasteiger charge is 2.32. The Bertz CT molecular complexity index is 1140. The Morgan fingerprint density at radius 1 is 1.07 bits per heavy atom. The lowest BCUT2D eigenvalue weighted by atomic mass is 10.1. The zero-order valence-corrected chi connectivity index (χ0v) is 16.1. The summed E-state index contributed by atoms with van der Waals surface area (Å²) in [4.78, 5) is 24.9. The molecule has 5 nitrogen and oxygen atoms in total. The van der Waals surface area contributed by atoms with Crippen molar-refractivity contribution in [2.75, 3.05) is 0 Å². The zero-order valence-electron chi connectivity index (χ0n) is 15.4. The van der Waals surface area contributed by atoms with Gasteiger partial charge in [0.05, 0.1) is 18.3 Å². The molecule has 154 valence electrons. The normalized spacial score (nSPS) is 11.6. The van der Waals surface area contributed by atoms with Gasteiger partial charge in [0.25, 0.3) is 11.5 Å². The summed E-state index contributed by atoms with van der Waals surface area (Å²) in [5.74, 6) is -0.828. The Labute approximate surface area is 174 Å². The first kappa shape index (κ1) is 21.3. The Kier molecular flexibility index (Phi) is 6.37. The maximum atomic E-state index is 13.0. The first-order chi connectivity index (χ1) is 14.3. The van der Waals surface area contributed by atoms with Crippen molar-refractivity contribution in [3.05, 3.63) is 104 Å². The maximum absolute atomic E-state index is 13.0. The van der Waals surface area contributed by atoms with E-state index in [1.54, 1.807) is 24.3 Å². The molecular weight excluding hydrogens is 419 g/mol. The van der Waals surface area contributed by atoms with Crippen LogP contribution in [0.15, 0.2) is 76.8 Å². The molecule has 0 saturated carbocycles. The summed E-state index contributed by atoms with van der Waals surface area (Å²) >= 11 is 5.84. The lowest BCUT2D eigenvalue weighted by molar-refractivity contribution is -0.137. The fourth-order valence-electron chi connectivity index (χ4n) is 2.71. The van der Waals surface area contributed by atoms with Crippen molar-refractivity contribution in [2.45, 2.75) is 12.7 Å². The van der Waals surface area contributed by atoms with Crippen LogP contribution in [0.1, 0.15) is 27.0 Å². The number of benzene rings is 2. The van der Waals surface area contributed by atoms with Crippen molar-refractivity contribution in [3.8, 4) is 0 Å². The zero-order chi connectivity index (χ0) is 21.7. The number of hydrogen-bond donors (Lipinski definition) is 1. The molecule has 2 aromatic carbocycles. The van der Waals surface area contributed by atoms with Gasteiger partial charge in [-0.05, 0) is 35.9 Å². The lowest BCUT2D eigenvalue weighted by Crippen LogP contribution is -2.30. The number of alkyl halides is 3. The molecule has 0 aliphatic carbocycles. The first-order valence-corrected chi connectivity index (χ1v) is 9.07. The summed E-state index contributed by atoms with van der Waals surface area (Å²) in [6.07, 6.45) is -2.14.